The molecule has 1 saturated heterocycles. The normalized spacial score (nSPS) is 22.2. The molecular weight excluding hydrogens is 353 g/mol. The summed E-state index contributed by atoms with van der Waals surface area (Å²) in [5.41, 5.74) is 1.58. The summed E-state index contributed by atoms with van der Waals surface area (Å²) in [6.45, 7) is -0.251. The molecule has 27 heavy (non-hydrogen) atoms. The van der Waals surface area contributed by atoms with Crippen molar-refractivity contribution in [2.24, 2.45) is 0 Å². The molecule has 2 aromatic heterocycles. The van der Waals surface area contributed by atoms with E-state index in [4.69, 9.17) is 4.74 Å². The number of anilines is 1. The second kappa shape index (κ2) is 7.37. The third kappa shape index (κ3) is 3.51. The zero-order chi connectivity index (χ0) is 18.8. The molecule has 2 N–H and O–H groups in total. The van der Waals surface area contributed by atoms with Crippen molar-refractivity contribution < 1.29 is 19.0 Å². The van der Waals surface area contributed by atoms with Gasteiger partial charge in [-0.15, -0.1) is 0 Å². The topological polar surface area (TPSA) is 102 Å². The third-order valence-corrected chi connectivity index (χ3v) is 4.43. The van der Waals surface area contributed by atoms with Crippen LogP contribution in [0.15, 0.2) is 43.0 Å². The second-order valence-corrected chi connectivity index (χ2v) is 6.34. The van der Waals surface area contributed by atoms with Crippen molar-refractivity contribution in [1.82, 2.24) is 19.5 Å². The molecule has 9 heteroatoms. The Morgan fingerprint density at radius 1 is 1.30 bits per heavy atom. The third-order valence-electron chi connectivity index (χ3n) is 4.43. The lowest BCUT2D eigenvalue weighted by Crippen LogP contribution is -2.17. The molecule has 1 amide bonds. The molecule has 1 fully saturated rings. The average Bonchev–Trinajstić information content (AvgIpc) is 3.26. The number of carbonyl (C=O) groups excluding carboxylic acids is 1. The van der Waals surface area contributed by atoms with Gasteiger partial charge in [-0.1, -0.05) is 30.3 Å². The van der Waals surface area contributed by atoms with Gasteiger partial charge < -0.3 is 15.2 Å². The Bertz CT molecular complexity index is 949. The number of amides is 1. The maximum absolute atomic E-state index is 14.3. The highest BCUT2D eigenvalue weighted by atomic mass is 19.1. The first kappa shape index (κ1) is 17.5. The minimum atomic E-state index is -1.29. The Morgan fingerprint density at radius 2 is 2.11 bits per heavy atom. The molecule has 140 valence electrons. The van der Waals surface area contributed by atoms with Crippen LogP contribution in [0.25, 0.3) is 11.2 Å². The standard InChI is InChI=1S/C18H18FN5O3/c19-13-7-12(8-25)27-18(13)24-10-22-15-16(20-9-21-17(15)24)23-14(26)6-11-4-2-1-3-5-11/h1-5,9-10,12-13,18,25H,6-8H2,(H,20,21,23,26)/t12-,13-,18+/m0/s1. The lowest BCUT2D eigenvalue weighted by molar-refractivity contribution is -0.115. The van der Waals surface area contributed by atoms with Gasteiger partial charge in [0.25, 0.3) is 0 Å². The van der Waals surface area contributed by atoms with Crippen LogP contribution < -0.4 is 5.32 Å². The van der Waals surface area contributed by atoms with Gasteiger partial charge in [-0.2, -0.15) is 0 Å². The Balaban J connectivity index is 1.57. The Morgan fingerprint density at radius 3 is 2.85 bits per heavy atom. The number of benzene rings is 1. The molecule has 3 atom stereocenters. The van der Waals surface area contributed by atoms with E-state index in [0.717, 1.165) is 5.56 Å². The van der Waals surface area contributed by atoms with Crippen LogP contribution in [0.4, 0.5) is 10.2 Å². The molecule has 0 radical (unpaired) electrons. The van der Waals surface area contributed by atoms with Crippen LogP contribution in [0.1, 0.15) is 18.2 Å². The fourth-order valence-electron chi connectivity index (χ4n) is 3.15. The van der Waals surface area contributed by atoms with Crippen LogP contribution >= 0.6 is 0 Å². The number of nitrogens with zero attached hydrogens (tertiary/aromatic N) is 4. The number of ether oxygens (including phenoxy) is 1. The van der Waals surface area contributed by atoms with Gasteiger partial charge in [-0.25, -0.2) is 19.3 Å². The van der Waals surface area contributed by atoms with Gasteiger partial charge in [0.05, 0.1) is 25.5 Å². The van der Waals surface area contributed by atoms with Gasteiger partial charge in [-0.3, -0.25) is 9.36 Å². The van der Waals surface area contributed by atoms with E-state index < -0.39 is 18.5 Å². The minimum Gasteiger partial charge on any atom is -0.394 e. The SMILES string of the molecule is O=C(Cc1ccccc1)Nc1ncnc2c1ncn2[C@@H]1O[C@H](CO)C[C@@H]1F. The molecule has 0 saturated carbocycles. The molecular formula is C18H18FN5O3. The van der Waals surface area contributed by atoms with Crippen molar-refractivity contribution in [1.29, 1.82) is 0 Å². The summed E-state index contributed by atoms with van der Waals surface area (Å²) < 4.78 is 21.3. The van der Waals surface area contributed by atoms with E-state index in [9.17, 15) is 14.3 Å². The van der Waals surface area contributed by atoms with E-state index in [2.05, 4.69) is 20.3 Å². The van der Waals surface area contributed by atoms with Gasteiger partial charge in [-0.05, 0) is 5.56 Å². The van der Waals surface area contributed by atoms with Crippen LogP contribution in [0.3, 0.4) is 0 Å². The van der Waals surface area contributed by atoms with Gasteiger partial charge in [0.15, 0.2) is 23.2 Å². The zero-order valence-corrected chi connectivity index (χ0v) is 14.3. The predicted molar refractivity (Wildman–Crippen MR) is 94.6 cm³/mol. The predicted octanol–water partition coefficient (Wildman–Crippen LogP) is 1.63. The maximum atomic E-state index is 14.3. The number of hydrogen-bond donors (Lipinski definition) is 2. The summed E-state index contributed by atoms with van der Waals surface area (Å²) in [7, 11) is 0. The first-order chi connectivity index (χ1) is 13.2. The number of hydrogen-bond acceptors (Lipinski definition) is 6. The van der Waals surface area contributed by atoms with Crippen LogP contribution in [0, 0.1) is 0 Å². The number of aromatic nitrogens is 4. The highest BCUT2D eigenvalue weighted by Gasteiger charge is 2.37. The molecule has 8 nitrogen and oxygen atoms in total. The number of rotatable bonds is 5. The summed E-state index contributed by atoms with van der Waals surface area (Å²) in [6, 6.07) is 9.33. The second-order valence-electron chi connectivity index (χ2n) is 6.34. The summed E-state index contributed by atoms with van der Waals surface area (Å²) >= 11 is 0. The van der Waals surface area contributed by atoms with E-state index in [0.29, 0.717) is 11.2 Å². The van der Waals surface area contributed by atoms with Crippen molar-refractivity contribution in [3.8, 4) is 0 Å². The van der Waals surface area contributed by atoms with Gasteiger partial charge in [0.1, 0.15) is 12.5 Å². The number of alkyl halides is 1. The highest BCUT2D eigenvalue weighted by molar-refractivity contribution is 5.97. The smallest absolute Gasteiger partial charge is 0.230 e. The van der Waals surface area contributed by atoms with Gasteiger partial charge in [0.2, 0.25) is 5.91 Å². The summed E-state index contributed by atoms with van der Waals surface area (Å²) in [6.07, 6.45) is 0.221. The summed E-state index contributed by atoms with van der Waals surface area (Å²) in [5.74, 6) is 0.0170. The van der Waals surface area contributed by atoms with Crippen molar-refractivity contribution in [3.05, 3.63) is 48.5 Å². The number of halogens is 1. The number of aliphatic hydroxyl groups excluding tert-OH is 1. The molecule has 0 bridgehead atoms. The molecule has 0 spiro atoms. The molecule has 3 aromatic rings. The largest absolute Gasteiger partial charge is 0.394 e. The van der Waals surface area contributed by atoms with Crippen molar-refractivity contribution in [2.75, 3.05) is 11.9 Å². The molecule has 1 aliphatic rings. The zero-order valence-electron chi connectivity index (χ0n) is 14.3. The van der Waals surface area contributed by atoms with Crippen LogP contribution in [-0.2, 0) is 16.0 Å². The Labute approximate surface area is 154 Å². The quantitative estimate of drug-likeness (QED) is 0.707. The van der Waals surface area contributed by atoms with Crippen molar-refractivity contribution in [2.45, 2.75) is 31.3 Å². The van der Waals surface area contributed by atoms with E-state index >= 15 is 0 Å². The number of imidazole rings is 1. The van der Waals surface area contributed by atoms with E-state index in [1.54, 1.807) is 0 Å². The first-order valence-electron chi connectivity index (χ1n) is 8.57. The lowest BCUT2D eigenvalue weighted by atomic mass is 10.1. The lowest BCUT2D eigenvalue weighted by Gasteiger charge is -2.15. The minimum absolute atomic E-state index is 0.104. The monoisotopic (exact) mass is 371 g/mol. The molecule has 0 aliphatic carbocycles. The molecule has 1 aliphatic heterocycles. The number of nitrogens with one attached hydrogen (secondary N) is 1. The van der Waals surface area contributed by atoms with E-state index in [-0.39, 0.29) is 31.2 Å². The molecule has 0 unspecified atom stereocenters. The number of carbonyl (C=O) groups is 1. The van der Waals surface area contributed by atoms with E-state index in [1.807, 2.05) is 30.3 Å². The molecule has 1 aromatic carbocycles. The average molecular weight is 371 g/mol. The fraction of sp³-hybridized carbons (Fsp3) is 0.333. The van der Waals surface area contributed by atoms with E-state index in [1.165, 1.54) is 17.2 Å². The number of fused-ring (bicyclic) bond motifs is 1. The van der Waals surface area contributed by atoms with Gasteiger partial charge >= 0.3 is 0 Å². The van der Waals surface area contributed by atoms with Crippen LogP contribution in [-0.4, -0.2) is 49.4 Å². The molecule has 4 rings (SSSR count). The summed E-state index contributed by atoms with van der Waals surface area (Å²) in [4.78, 5) is 24.8. The summed E-state index contributed by atoms with van der Waals surface area (Å²) in [5, 5.41) is 11.9. The number of aliphatic hydroxyl groups is 1. The Kier molecular flexibility index (Phi) is 4.78. The first-order valence-corrected chi connectivity index (χ1v) is 8.57. The maximum Gasteiger partial charge on any atom is 0.230 e. The van der Waals surface area contributed by atoms with Crippen LogP contribution in [0.5, 0.6) is 0 Å². The fourth-order valence-corrected chi connectivity index (χ4v) is 3.15. The van der Waals surface area contributed by atoms with Crippen molar-refractivity contribution >= 4 is 22.9 Å². The Hall–Kier alpha value is -2.91. The van der Waals surface area contributed by atoms with Crippen molar-refractivity contribution in [3.63, 3.8) is 0 Å². The van der Waals surface area contributed by atoms with Gasteiger partial charge in [0, 0.05) is 6.42 Å². The molecule has 3 heterocycles. The van der Waals surface area contributed by atoms with Crippen LogP contribution in [0.2, 0.25) is 0 Å². The highest BCUT2D eigenvalue weighted by Crippen LogP contribution is 2.33.